The number of ketones is 1. The van der Waals surface area contributed by atoms with Crippen LogP contribution in [0.15, 0.2) is 30.6 Å². The molecular weight excluding hydrogens is 350 g/mol. The quantitative estimate of drug-likeness (QED) is 0.472. The second-order valence-electron chi connectivity index (χ2n) is 6.56. The third-order valence-corrected chi connectivity index (χ3v) is 4.80. The highest BCUT2D eigenvalue weighted by molar-refractivity contribution is 5.97. The van der Waals surface area contributed by atoms with E-state index in [1.54, 1.807) is 30.1 Å². The SMILES string of the molecule is CNC(=O)c1ccc(N2CCCC2CC(=O)c2cnn(C)c2)c([N+](=O)[O-])c1. The first-order valence-electron chi connectivity index (χ1n) is 8.69. The van der Waals surface area contributed by atoms with Crippen LogP contribution in [0.1, 0.15) is 40.0 Å². The van der Waals surface area contributed by atoms with Gasteiger partial charge in [-0.3, -0.25) is 24.4 Å². The molecule has 0 aliphatic carbocycles. The van der Waals surface area contributed by atoms with Gasteiger partial charge in [0.05, 0.1) is 16.7 Å². The average molecular weight is 371 g/mol. The number of Topliss-reactive ketones (excluding diaryl/α,β-unsaturated/α-hetero) is 1. The first-order chi connectivity index (χ1) is 12.9. The Morgan fingerprint density at radius 1 is 1.37 bits per heavy atom. The third-order valence-electron chi connectivity index (χ3n) is 4.80. The van der Waals surface area contributed by atoms with Crippen molar-refractivity contribution >= 4 is 23.1 Å². The van der Waals surface area contributed by atoms with Crippen molar-refractivity contribution in [3.8, 4) is 0 Å². The van der Waals surface area contributed by atoms with Crippen LogP contribution in [0.25, 0.3) is 0 Å². The topological polar surface area (TPSA) is 110 Å². The first kappa shape index (κ1) is 18.6. The summed E-state index contributed by atoms with van der Waals surface area (Å²) in [4.78, 5) is 37.3. The fraction of sp³-hybridized carbons (Fsp3) is 0.389. The Labute approximate surface area is 156 Å². The van der Waals surface area contributed by atoms with Crippen molar-refractivity contribution in [1.29, 1.82) is 0 Å². The predicted octanol–water partition coefficient (Wildman–Crippen LogP) is 1.93. The van der Waals surface area contributed by atoms with E-state index in [0.29, 0.717) is 17.8 Å². The number of aryl methyl sites for hydroxylation is 1. The summed E-state index contributed by atoms with van der Waals surface area (Å²) in [6.07, 6.45) is 5.09. The monoisotopic (exact) mass is 371 g/mol. The standard InChI is InChI=1S/C18H21N5O4/c1-19-18(25)12-5-6-15(16(8-12)23(26)27)22-7-3-4-14(22)9-17(24)13-10-20-21(2)11-13/h5-6,8,10-11,14H,3-4,7,9H2,1-2H3,(H,19,25). The number of hydrogen-bond donors (Lipinski definition) is 1. The maximum Gasteiger partial charge on any atom is 0.293 e. The molecule has 0 radical (unpaired) electrons. The lowest BCUT2D eigenvalue weighted by atomic mass is 10.0. The van der Waals surface area contributed by atoms with Crippen molar-refractivity contribution in [3.05, 3.63) is 51.8 Å². The molecule has 1 amide bonds. The van der Waals surface area contributed by atoms with Gasteiger partial charge in [0.2, 0.25) is 0 Å². The maximum atomic E-state index is 12.5. The molecule has 1 N–H and O–H groups in total. The van der Waals surface area contributed by atoms with E-state index < -0.39 is 4.92 Å². The molecule has 142 valence electrons. The Balaban J connectivity index is 1.86. The fourth-order valence-electron chi connectivity index (χ4n) is 3.46. The van der Waals surface area contributed by atoms with Gasteiger partial charge in [0, 0.05) is 50.9 Å². The Kier molecular flexibility index (Phi) is 5.20. The summed E-state index contributed by atoms with van der Waals surface area (Å²) < 4.78 is 1.57. The molecular formula is C18H21N5O4. The molecule has 1 aliphatic heterocycles. The van der Waals surface area contributed by atoms with Crippen molar-refractivity contribution in [2.24, 2.45) is 7.05 Å². The summed E-state index contributed by atoms with van der Waals surface area (Å²) in [7, 11) is 3.22. The third kappa shape index (κ3) is 3.81. The first-order valence-corrected chi connectivity index (χ1v) is 8.69. The van der Waals surface area contributed by atoms with E-state index in [0.717, 1.165) is 12.8 Å². The second kappa shape index (κ2) is 7.56. The maximum absolute atomic E-state index is 12.5. The van der Waals surface area contributed by atoms with Crippen LogP contribution in [0.5, 0.6) is 0 Å². The molecule has 1 atom stereocenters. The number of hydrogen-bond acceptors (Lipinski definition) is 6. The smallest absolute Gasteiger partial charge is 0.293 e. The van der Waals surface area contributed by atoms with Gasteiger partial charge in [-0.2, -0.15) is 5.10 Å². The van der Waals surface area contributed by atoms with Gasteiger partial charge in [0.1, 0.15) is 5.69 Å². The number of anilines is 1. The molecule has 0 bridgehead atoms. The van der Waals surface area contributed by atoms with Crippen LogP contribution in [0, 0.1) is 10.1 Å². The highest BCUT2D eigenvalue weighted by Crippen LogP contribution is 2.35. The molecule has 1 aromatic carbocycles. The molecule has 1 fully saturated rings. The van der Waals surface area contributed by atoms with Gasteiger partial charge in [-0.25, -0.2) is 0 Å². The summed E-state index contributed by atoms with van der Waals surface area (Å²) in [6, 6.07) is 4.32. The normalized spacial score (nSPS) is 16.4. The van der Waals surface area contributed by atoms with Crippen LogP contribution in [-0.4, -0.2) is 46.0 Å². The number of carbonyl (C=O) groups excluding carboxylic acids is 2. The average Bonchev–Trinajstić information content (AvgIpc) is 3.29. The van der Waals surface area contributed by atoms with Gasteiger partial charge < -0.3 is 10.2 Å². The number of nitro benzene ring substituents is 1. The van der Waals surface area contributed by atoms with Crippen LogP contribution < -0.4 is 10.2 Å². The Morgan fingerprint density at radius 2 is 2.15 bits per heavy atom. The summed E-state index contributed by atoms with van der Waals surface area (Å²) in [5.74, 6) is -0.418. The lowest BCUT2D eigenvalue weighted by molar-refractivity contribution is -0.384. The van der Waals surface area contributed by atoms with Crippen molar-refractivity contribution < 1.29 is 14.5 Å². The second-order valence-corrected chi connectivity index (χ2v) is 6.56. The molecule has 0 saturated carbocycles. The van der Waals surface area contributed by atoms with Crippen molar-refractivity contribution in [2.75, 3.05) is 18.5 Å². The van der Waals surface area contributed by atoms with E-state index in [1.807, 2.05) is 4.90 Å². The number of rotatable bonds is 6. The zero-order valence-electron chi connectivity index (χ0n) is 15.2. The number of carbonyl (C=O) groups is 2. The molecule has 27 heavy (non-hydrogen) atoms. The Morgan fingerprint density at radius 3 is 2.78 bits per heavy atom. The van der Waals surface area contributed by atoms with Crippen molar-refractivity contribution in [1.82, 2.24) is 15.1 Å². The molecule has 2 aromatic rings. The van der Waals surface area contributed by atoms with Crippen LogP contribution in [0.2, 0.25) is 0 Å². The van der Waals surface area contributed by atoms with E-state index in [4.69, 9.17) is 0 Å². The number of nitrogens with zero attached hydrogens (tertiary/aromatic N) is 4. The molecule has 1 aliphatic rings. The minimum absolute atomic E-state index is 0.0374. The van der Waals surface area contributed by atoms with E-state index in [1.165, 1.54) is 19.3 Å². The van der Waals surface area contributed by atoms with Crippen LogP contribution >= 0.6 is 0 Å². The number of nitro groups is 1. The summed E-state index contributed by atoms with van der Waals surface area (Å²) in [6.45, 7) is 0.630. The van der Waals surface area contributed by atoms with Crippen LogP contribution in [-0.2, 0) is 7.05 Å². The Hall–Kier alpha value is -3.23. The van der Waals surface area contributed by atoms with Gasteiger partial charge in [-0.05, 0) is 25.0 Å². The largest absolute Gasteiger partial charge is 0.363 e. The van der Waals surface area contributed by atoms with Crippen molar-refractivity contribution in [3.63, 3.8) is 0 Å². The molecule has 2 heterocycles. The van der Waals surface area contributed by atoms with Crippen LogP contribution in [0.4, 0.5) is 11.4 Å². The predicted molar refractivity (Wildman–Crippen MR) is 99.0 cm³/mol. The molecule has 1 saturated heterocycles. The number of nitrogens with one attached hydrogen (secondary N) is 1. The summed E-state index contributed by atoms with van der Waals surface area (Å²) >= 11 is 0. The lowest BCUT2D eigenvalue weighted by Gasteiger charge is -2.26. The molecule has 9 heteroatoms. The minimum Gasteiger partial charge on any atom is -0.363 e. The summed E-state index contributed by atoms with van der Waals surface area (Å²) in [5.41, 5.74) is 1.08. The summed E-state index contributed by atoms with van der Waals surface area (Å²) in [5, 5.41) is 18.0. The van der Waals surface area contributed by atoms with Gasteiger partial charge in [0.15, 0.2) is 5.78 Å². The fourth-order valence-corrected chi connectivity index (χ4v) is 3.46. The van der Waals surface area contributed by atoms with Gasteiger partial charge in [-0.15, -0.1) is 0 Å². The minimum atomic E-state index is -0.486. The van der Waals surface area contributed by atoms with E-state index in [-0.39, 0.29) is 35.4 Å². The molecule has 3 rings (SSSR count). The molecule has 9 nitrogen and oxygen atoms in total. The highest BCUT2D eigenvalue weighted by atomic mass is 16.6. The Bertz CT molecular complexity index is 892. The van der Waals surface area contributed by atoms with Gasteiger partial charge >= 0.3 is 0 Å². The number of aromatic nitrogens is 2. The molecule has 0 spiro atoms. The zero-order valence-corrected chi connectivity index (χ0v) is 15.2. The van der Waals surface area contributed by atoms with E-state index >= 15 is 0 Å². The van der Waals surface area contributed by atoms with Crippen molar-refractivity contribution in [2.45, 2.75) is 25.3 Å². The van der Waals surface area contributed by atoms with Crippen LogP contribution in [0.3, 0.4) is 0 Å². The highest BCUT2D eigenvalue weighted by Gasteiger charge is 2.32. The molecule has 1 unspecified atom stereocenters. The van der Waals surface area contributed by atoms with E-state index in [9.17, 15) is 19.7 Å². The van der Waals surface area contributed by atoms with E-state index in [2.05, 4.69) is 10.4 Å². The molecule has 1 aromatic heterocycles. The number of benzene rings is 1. The van der Waals surface area contributed by atoms with Gasteiger partial charge in [0.25, 0.3) is 11.6 Å². The number of amides is 1. The lowest BCUT2D eigenvalue weighted by Crippen LogP contribution is -2.32. The zero-order chi connectivity index (χ0) is 19.6. The van der Waals surface area contributed by atoms with Gasteiger partial charge in [-0.1, -0.05) is 0 Å².